The van der Waals surface area contributed by atoms with Crippen LogP contribution in [0.2, 0.25) is 0 Å². The van der Waals surface area contributed by atoms with E-state index in [0.29, 0.717) is 16.6 Å². The Bertz CT molecular complexity index is 1820. The van der Waals surface area contributed by atoms with Gasteiger partial charge >= 0.3 is 0 Å². The first-order valence-electron chi connectivity index (χ1n) is 10.8. The number of hydrogen-bond donors (Lipinski definition) is 2. The third-order valence-corrected chi connectivity index (χ3v) is 8.57. The molecule has 3 heterocycles. The molecule has 0 fully saturated rings. The predicted molar refractivity (Wildman–Crippen MR) is 138 cm³/mol. The summed E-state index contributed by atoms with van der Waals surface area (Å²) in [4.78, 5) is 12.3. The number of benzene rings is 2. The fraction of sp³-hybridized carbons (Fsp3) is 0.0417. The van der Waals surface area contributed by atoms with E-state index in [4.69, 9.17) is 10.5 Å². The molecule has 0 amide bonds. The van der Waals surface area contributed by atoms with E-state index in [0.717, 1.165) is 3.97 Å². The lowest BCUT2D eigenvalue weighted by Gasteiger charge is -2.13. The molecule has 188 valence electrons. The second-order valence-corrected chi connectivity index (χ2v) is 11.3. The van der Waals surface area contributed by atoms with Crippen molar-refractivity contribution in [1.29, 1.82) is 0 Å². The van der Waals surface area contributed by atoms with E-state index in [-0.39, 0.29) is 32.8 Å². The third kappa shape index (κ3) is 4.45. The highest BCUT2D eigenvalue weighted by atomic mass is 32.2. The quantitative estimate of drug-likeness (QED) is 0.319. The molecule has 0 saturated heterocycles. The summed E-state index contributed by atoms with van der Waals surface area (Å²) in [6, 6.07) is 17.3. The SMILES string of the molecule is COc1ncc(-c2ccc3nc(N)n(S(=O)(=O)c4ccccc4)c3c2)cc1NS(=O)(=O)c1cccnc1. The smallest absolute Gasteiger partial charge is 0.271 e. The van der Waals surface area contributed by atoms with Crippen LogP contribution in [0.3, 0.4) is 0 Å². The average molecular weight is 537 g/mol. The van der Waals surface area contributed by atoms with Gasteiger partial charge in [0.1, 0.15) is 10.6 Å². The predicted octanol–water partition coefficient (Wildman–Crippen LogP) is 3.12. The molecule has 0 spiro atoms. The van der Waals surface area contributed by atoms with Gasteiger partial charge in [-0.05, 0) is 48.0 Å². The number of nitrogens with one attached hydrogen (secondary N) is 1. The zero-order valence-electron chi connectivity index (χ0n) is 19.3. The topological polar surface area (TPSA) is 159 Å². The highest BCUT2D eigenvalue weighted by molar-refractivity contribution is 7.92. The minimum atomic E-state index is -4.03. The first kappa shape index (κ1) is 24.2. The Kier molecular flexibility index (Phi) is 6.01. The zero-order chi connectivity index (χ0) is 26.2. The molecular formula is C24H20N6O5S2. The summed E-state index contributed by atoms with van der Waals surface area (Å²) >= 11 is 0. The van der Waals surface area contributed by atoms with Crippen molar-refractivity contribution in [1.82, 2.24) is 18.9 Å². The molecule has 0 aliphatic carbocycles. The third-order valence-electron chi connectivity index (χ3n) is 5.49. The van der Waals surface area contributed by atoms with Gasteiger partial charge < -0.3 is 10.5 Å². The summed E-state index contributed by atoms with van der Waals surface area (Å²) in [5.41, 5.74) is 7.78. The van der Waals surface area contributed by atoms with Crippen LogP contribution in [0.4, 0.5) is 11.6 Å². The van der Waals surface area contributed by atoms with E-state index in [9.17, 15) is 16.8 Å². The van der Waals surface area contributed by atoms with Crippen LogP contribution in [0, 0.1) is 0 Å². The van der Waals surface area contributed by atoms with Gasteiger partial charge in [-0.3, -0.25) is 9.71 Å². The summed E-state index contributed by atoms with van der Waals surface area (Å²) < 4.78 is 61.1. The van der Waals surface area contributed by atoms with Gasteiger partial charge in [0.2, 0.25) is 11.8 Å². The van der Waals surface area contributed by atoms with Gasteiger partial charge in [-0.25, -0.2) is 30.8 Å². The van der Waals surface area contributed by atoms with Crippen molar-refractivity contribution >= 4 is 42.7 Å². The number of aromatic nitrogens is 4. The van der Waals surface area contributed by atoms with Crippen molar-refractivity contribution in [2.45, 2.75) is 9.79 Å². The maximum atomic E-state index is 13.3. The minimum Gasteiger partial charge on any atom is -0.480 e. The number of imidazole rings is 1. The molecule has 0 aliphatic heterocycles. The van der Waals surface area contributed by atoms with Crippen LogP contribution >= 0.6 is 0 Å². The molecule has 37 heavy (non-hydrogen) atoms. The molecule has 0 radical (unpaired) electrons. The van der Waals surface area contributed by atoms with E-state index in [1.54, 1.807) is 36.4 Å². The minimum absolute atomic E-state index is 0.0330. The van der Waals surface area contributed by atoms with Crippen LogP contribution in [0.15, 0.2) is 95.1 Å². The molecule has 3 N–H and O–H groups in total. The van der Waals surface area contributed by atoms with Crippen molar-refractivity contribution in [3.05, 3.63) is 85.3 Å². The Morgan fingerprint density at radius 3 is 2.35 bits per heavy atom. The van der Waals surface area contributed by atoms with E-state index in [2.05, 4.69) is 19.7 Å². The second kappa shape index (κ2) is 9.19. The summed E-state index contributed by atoms with van der Waals surface area (Å²) in [5, 5.41) is 0. The number of rotatable bonds is 7. The molecule has 5 rings (SSSR count). The van der Waals surface area contributed by atoms with Crippen molar-refractivity contribution in [2.24, 2.45) is 0 Å². The molecule has 2 aromatic carbocycles. The van der Waals surface area contributed by atoms with E-state index in [1.165, 1.54) is 56.0 Å². The summed E-state index contributed by atoms with van der Waals surface area (Å²) in [7, 11) is -6.64. The number of nitrogen functional groups attached to an aromatic ring is 1. The van der Waals surface area contributed by atoms with E-state index < -0.39 is 20.0 Å². The van der Waals surface area contributed by atoms with Crippen LogP contribution in [-0.4, -0.2) is 42.9 Å². The Morgan fingerprint density at radius 1 is 0.892 bits per heavy atom. The monoisotopic (exact) mass is 536 g/mol. The molecule has 0 bridgehead atoms. The van der Waals surface area contributed by atoms with Crippen molar-refractivity contribution in [3.8, 4) is 17.0 Å². The van der Waals surface area contributed by atoms with Crippen LogP contribution in [0.5, 0.6) is 5.88 Å². The van der Waals surface area contributed by atoms with Gasteiger partial charge in [0, 0.05) is 24.2 Å². The lowest BCUT2D eigenvalue weighted by atomic mass is 10.1. The second-order valence-electron chi connectivity index (χ2n) is 7.83. The largest absolute Gasteiger partial charge is 0.480 e. The fourth-order valence-electron chi connectivity index (χ4n) is 3.76. The lowest BCUT2D eigenvalue weighted by molar-refractivity contribution is 0.400. The standard InChI is InChI=1S/C24H20N6O5S2/c1-35-23-21(29-36(31,32)19-8-5-11-26-15-19)12-17(14-27-23)16-9-10-20-22(13-16)30(24(25)28-20)37(33,34)18-6-3-2-4-7-18/h2-15,29H,1H3,(H2,25,28). The number of ether oxygens (including phenoxy) is 1. The maximum Gasteiger partial charge on any atom is 0.271 e. The van der Waals surface area contributed by atoms with Crippen molar-refractivity contribution in [2.75, 3.05) is 17.6 Å². The van der Waals surface area contributed by atoms with Crippen molar-refractivity contribution in [3.63, 3.8) is 0 Å². The molecule has 0 atom stereocenters. The van der Waals surface area contributed by atoms with Crippen LogP contribution < -0.4 is 15.2 Å². The lowest BCUT2D eigenvalue weighted by Crippen LogP contribution is -2.15. The molecule has 0 aliphatic rings. The normalized spacial score (nSPS) is 11.9. The molecule has 0 saturated carbocycles. The molecule has 13 heteroatoms. The number of methoxy groups -OCH3 is 1. The van der Waals surface area contributed by atoms with E-state index >= 15 is 0 Å². The van der Waals surface area contributed by atoms with Crippen LogP contribution in [0.25, 0.3) is 22.2 Å². The first-order chi connectivity index (χ1) is 17.7. The Labute approximate surface area is 212 Å². The fourth-order valence-corrected chi connectivity index (χ4v) is 6.17. The zero-order valence-corrected chi connectivity index (χ0v) is 20.9. The van der Waals surface area contributed by atoms with Gasteiger partial charge in [0.05, 0.1) is 23.0 Å². The number of hydrogen-bond acceptors (Lipinski definition) is 9. The molecular weight excluding hydrogens is 516 g/mol. The maximum absolute atomic E-state index is 13.3. The molecule has 3 aromatic heterocycles. The molecule has 0 unspecified atom stereocenters. The summed E-state index contributed by atoms with van der Waals surface area (Å²) in [6.45, 7) is 0. The summed E-state index contributed by atoms with van der Waals surface area (Å²) in [5.74, 6) is -0.132. The number of pyridine rings is 2. The highest BCUT2D eigenvalue weighted by Crippen LogP contribution is 2.33. The Balaban J connectivity index is 1.61. The van der Waals surface area contributed by atoms with Gasteiger partial charge in [0.15, 0.2) is 0 Å². The van der Waals surface area contributed by atoms with Gasteiger partial charge in [-0.15, -0.1) is 0 Å². The number of fused-ring (bicyclic) bond motifs is 1. The van der Waals surface area contributed by atoms with Crippen LogP contribution in [0.1, 0.15) is 0 Å². The first-order valence-corrected chi connectivity index (χ1v) is 13.7. The Hall–Kier alpha value is -4.49. The Morgan fingerprint density at radius 2 is 1.65 bits per heavy atom. The molecule has 5 aromatic rings. The van der Waals surface area contributed by atoms with Gasteiger partial charge in [0.25, 0.3) is 20.0 Å². The summed E-state index contributed by atoms with van der Waals surface area (Å²) in [6.07, 6.45) is 4.17. The number of nitrogens with zero attached hydrogens (tertiary/aromatic N) is 4. The highest BCUT2D eigenvalue weighted by Gasteiger charge is 2.24. The number of anilines is 2. The van der Waals surface area contributed by atoms with Gasteiger partial charge in [-0.1, -0.05) is 24.3 Å². The average Bonchev–Trinajstić information content (AvgIpc) is 3.25. The number of sulfonamides is 1. The van der Waals surface area contributed by atoms with Crippen LogP contribution in [-0.2, 0) is 20.0 Å². The van der Waals surface area contributed by atoms with E-state index in [1.807, 2.05) is 0 Å². The van der Waals surface area contributed by atoms with Gasteiger partial charge in [-0.2, -0.15) is 0 Å². The molecule has 11 nitrogen and oxygen atoms in total. The van der Waals surface area contributed by atoms with Crippen molar-refractivity contribution < 1.29 is 21.6 Å². The number of nitrogens with two attached hydrogens (primary N) is 1.